The first-order valence-electron chi connectivity index (χ1n) is 4.92. The average molecular weight is 252 g/mol. The highest BCUT2D eigenvalue weighted by Gasteiger charge is 2.35. The molecule has 0 radical (unpaired) electrons. The Kier molecular flexibility index (Phi) is 4.34. The number of ether oxygens (including phenoxy) is 2. The summed E-state index contributed by atoms with van der Waals surface area (Å²) in [5.41, 5.74) is -1.08. The zero-order valence-electron chi connectivity index (χ0n) is 9.40. The summed E-state index contributed by atoms with van der Waals surface area (Å²) < 4.78 is 60.8. The van der Waals surface area contributed by atoms with Gasteiger partial charge < -0.3 is 9.47 Å². The van der Waals surface area contributed by atoms with E-state index in [1.54, 1.807) is 0 Å². The topological polar surface area (TPSA) is 18.5 Å². The van der Waals surface area contributed by atoms with Gasteiger partial charge in [-0.15, -0.1) is 0 Å². The van der Waals surface area contributed by atoms with Gasteiger partial charge in [0, 0.05) is 12.7 Å². The van der Waals surface area contributed by atoms with Crippen LogP contribution in [0.15, 0.2) is 12.1 Å². The van der Waals surface area contributed by atoms with Crippen LogP contribution in [0.3, 0.4) is 0 Å². The van der Waals surface area contributed by atoms with Crippen molar-refractivity contribution in [2.75, 3.05) is 13.9 Å². The van der Waals surface area contributed by atoms with Crippen LogP contribution >= 0.6 is 0 Å². The molecule has 0 N–H and O–H groups in total. The van der Waals surface area contributed by atoms with E-state index >= 15 is 0 Å². The molecule has 0 fully saturated rings. The number of alkyl halides is 3. The molecule has 1 rings (SSSR count). The first kappa shape index (κ1) is 13.8. The molecule has 0 aliphatic rings. The van der Waals surface area contributed by atoms with Crippen molar-refractivity contribution < 1.29 is 27.0 Å². The zero-order chi connectivity index (χ0) is 13.1. The molecule has 1 aromatic carbocycles. The lowest BCUT2D eigenvalue weighted by Crippen LogP contribution is -2.12. The van der Waals surface area contributed by atoms with Crippen molar-refractivity contribution in [1.29, 1.82) is 0 Å². The monoisotopic (exact) mass is 252 g/mol. The van der Waals surface area contributed by atoms with E-state index in [1.807, 2.05) is 0 Å². The molecule has 0 atom stereocenters. The molecular formula is C11H12F4O2. The fourth-order valence-corrected chi connectivity index (χ4v) is 1.49. The van der Waals surface area contributed by atoms with Crippen LogP contribution in [0, 0.1) is 5.82 Å². The van der Waals surface area contributed by atoms with E-state index < -0.39 is 23.3 Å². The van der Waals surface area contributed by atoms with E-state index in [4.69, 9.17) is 4.74 Å². The zero-order valence-corrected chi connectivity index (χ0v) is 9.40. The minimum absolute atomic E-state index is 0.0195. The molecule has 1 aromatic rings. The Hall–Kier alpha value is -1.30. The predicted octanol–water partition coefficient (Wildman–Crippen LogP) is 3.39. The molecule has 0 saturated carbocycles. The second kappa shape index (κ2) is 5.35. The van der Waals surface area contributed by atoms with Gasteiger partial charge in [0.1, 0.15) is 0 Å². The number of hydrogen-bond donors (Lipinski definition) is 0. The second-order valence-electron chi connectivity index (χ2n) is 3.30. The van der Waals surface area contributed by atoms with E-state index in [-0.39, 0.29) is 18.8 Å². The largest absolute Gasteiger partial charge is 0.464 e. The average Bonchev–Trinajstić information content (AvgIpc) is 2.25. The van der Waals surface area contributed by atoms with Crippen molar-refractivity contribution in [3.63, 3.8) is 0 Å². The van der Waals surface area contributed by atoms with Crippen LogP contribution in [0.5, 0.6) is 5.75 Å². The third kappa shape index (κ3) is 3.09. The third-order valence-electron chi connectivity index (χ3n) is 2.19. The lowest BCUT2D eigenvalue weighted by atomic mass is 10.0. The molecule has 0 amide bonds. The lowest BCUT2D eigenvalue weighted by molar-refractivity contribution is -0.138. The molecule has 0 heterocycles. The predicted molar refractivity (Wildman–Crippen MR) is 53.3 cm³/mol. The molecule has 0 bridgehead atoms. The standard InChI is InChI=1S/C11H12F4O2/c1-3-7-8(11(13,14)15)4-5-9(12)10(7)17-6-16-2/h4-5H,3,6H2,1-2H3. The summed E-state index contributed by atoms with van der Waals surface area (Å²) >= 11 is 0. The van der Waals surface area contributed by atoms with Gasteiger partial charge in [-0.25, -0.2) is 4.39 Å². The number of benzene rings is 1. The summed E-state index contributed by atoms with van der Waals surface area (Å²) in [6.07, 6.45) is -4.50. The minimum Gasteiger partial charge on any atom is -0.464 e. The number of halogens is 4. The summed E-state index contributed by atoms with van der Waals surface area (Å²) in [5.74, 6) is -1.23. The van der Waals surface area contributed by atoms with Gasteiger partial charge >= 0.3 is 6.18 Å². The van der Waals surface area contributed by atoms with Crippen molar-refractivity contribution in [2.24, 2.45) is 0 Å². The molecule has 6 heteroatoms. The van der Waals surface area contributed by atoms with E-state index in [9.17, 15) is 17.6 Å². The summed E-state index contributed by atoms with van der Waals surface area (Å²) in [5, 5.41) is 0. The summed E-state index contributed by atoms with van der Waals surface area (Å²) in [6.45, 7) is 1.20. The van der Waals surface area contributed by atoms with Crippen LogP contribution in [0.1, 0.15) is 18.1 Å². The van der Waals surface area contributed by atoms with Gasteiger partial charge in [0.15, 0.2) is 18.4 Å². The van der Waals surface area contributed by atoms with E-state index in [0.29, 0.717) is 6.07 Å². The van der Waals surface area contributed by atoms with Crippen LogP contribution in [-0.4, -0.2) is 13.9 Å². The highest BCUT2D eigenvalue weighted by Crippen LogP contribution is 2.37. The molecule has 0 aliphatic carbocycles. The number of rotatable bonds is 4. The van der Waals surface area contributed by atoms with Gasteiger partial charge in [-0.1, -0.05) is 6.92 Å². The van der Waals surface area contributed by atoms with Crippen molar-refractivity contribution in [1.82, 2.24) is 0 Å². The Balaban J connectivity index is 3.26. The third-order valence-corrected chi connectivity index (χ3v) is 2.19. The molecular weight excluding hydrogens is 240 g/mol. The Labute approximate surface area is 96.1 Å². The van der Waals surface area contributed by atoms with Crippen LogP contribution in [0.25, 0.3) is 0 Å². The lowest BCUT2D eigenvalue weighted by Gasteiger charge is -2.16. The van der Waals surface area contributed by atoms with E-state index in [0.717, 1.165) is 6.07 Å². The molecule has 0 saturated heterocycles. The van der Waals surface area contributed by atoms with E-state index in [1.165, 1.54) is 14.0 Å². The molecule has 17 heavy (non-hydrogen) atoms. The summed E-state index contributed by atoms with van der Waals surface area (Å²) in [6, 6.07) is 1.46. The Morgan fingerprint density at radius 2 is 1.88 bits per heavy atom. The van der Waals surface area contributed by atoms with Crippen molar-refractivity contribution in [3.05, 3.63) is 29.1 Å². The molecule has 96 valence electrons. The summed E-state index contributed by atoms with van der Waals surface area (Å²) in [7, 11) is 1.30. The maximum absolute atomic E-state index is 13.4. The SMILES string of the molecule is CCc1c(C(F)(F)F)ccc(F)c1OCOC. The van der Waals surface area contributed by atoms with Gasteiger partial charge in [-0.2, -0.15) is 13.2 Å². The van der Waals surface area contributed by atoms with Crippen LogP contribution < -0.4 is 4.74 Å². The normalized spacial score (nSPS) is 11.6. The quantitative estimate of drug-likeness (QED) is 0.604. The van der Waals surface area contributed by atoms with Crippen molar-refractivity contribution in [2.45, 2.75) is 19.5 Å². The summed E-state index contributed by atoms with van der Waals surface area (Å²) in [4.78, 5) is 0. The Morgan fingerprint density at radius 3 is 2.35 bits per heavy atom. The molecule has 0 aromatic heterocycles. The smallest absolute Gasteiger partial charge is 0.416 e. The number of hydrogen-bond acceptors (Lipinski definition) is 2. The van der Waals surface area contributed by atoms with Gasteiger partial charge in [0.2, 0.25) is 0 Å². The van der Waals surface area contributed by atoms with Crippen LogP contribution in [0.2, 0.25) is 0 Å². The maximum Gasteiger partial charge on any atom is 0.416 e. The molecule has 0 unspecified atom stereocenters. The molecule has 0 spiro atoms. The van der Waals surface area contributed by atoms with Gasteiger partial charge in [0.05, 0.1) is 5.56 Å². The highest BCUT2D eigenvalue weighted by molar-refractivity contribution is 5.43. The molecule has 0 aliphatic heterocycles. The maximum atomic E-state index is 13.4. The van der Waals surface area contributed by atoms with Crippen molar-refractivity contribution in [3.8, 4) is 5.75 Å². The second-order valence-corrected chi connectivity index (χ2v) is 3.30. The fourth-order valence-electron chi connectivity index (χ4n) is 1.49. The van der Waals surface area contributed by atoms with Gasteiger partial charge in [-0.3, -0.25) is 0 Å². The Bertz CT molecular complexity index is 388. The first-order valence-corrected chi connectivity index (χ1v) is 4.92. The fraction of sp³-hybridized carbons (Fsp3) is 0.455. The number of methoxy groups -OCH3 is 1. The minimum atomic E-state index is -4.52. The first-order chi connectivity index (χ1) is 7.91. The van der Waals surface area contributed by atoms with Gasteiger partial charge in [0.25, 0.3) is 0 Å². The van der Waals surface area contributed by atoms with E-state index in [2.05, 4.69) is 4.74 Å². The molecule has 2 nitrogen and oxygen atoms in total. The van der Waals surface area contributed by atoms with Gasteiger partial charge in [-0.05, 0) is 18.6 Å². The Morgan fingerprint density at radius 1 is 1.24 bits per heavy atom. The van der Waals surface area contributed by atoms with Crippen molar-refractivity contribution >= 4 is 0 Å². The van der Waals surface area contributed by atoms with Crippen LogP contribution in [0.4, 0.5) is 17.6 Å². The van der Waals surface area contributed by atoms with Crippen LogP contribution in [-0.2, 0) is 17.3 Å². The highest BCUT2D eigenvalue weighted by atomic mass is 19.4.